The van der Waals surface area contributed by atoms with Gasteiger partial charge in [-0.2, -0.15) is 0 Å². The minimum absolute atomic E-state index is 0.0686. The van der Waals surface area contributed by atoms with Crippen molar-refractivity contribution in [2.45, 2.75) is 296 Å². The van der Waals surface area contributed by atoms with E-state index in [1.165, 1.54) is 154 Å². The molecular formula is C55H103NO5. The Morgan fingerprint density at radius 1 is 0.475 bits per heavy atom. The van der Waals surface area contributed by atoms with Gasteiger partial charge in [-0.05, 0) is 83.5 Å². The maximum Gasteiger partial charge on any atom is 0.306 e. The second-order valence-corrected chi connectivity index (χ2v) is 18.3. The summed E-state index contributed by atoms with van der Waals surface area (Å²) in [4.78, 5) is 26.2. The highest BCUT2D eigenvalue weighted by molar-refractivity contribution is 5.77. The minimum atomic E-state index is -0.790. The molecule has 0 rings (SSSR count). The van der Waals surface area contributed by atoms with E-state index in [0.29, 0.717) is 19.3 Å². The molecule has 0 saturated carbocycles. The summed E-state index contributed by atoms with van der Waals surface area (Å²) in [7, 11) is 0. The Kier molecular flexibility index (Phi) is 47.6. The van der Waals surface area contributed by atoms with E-state index in [0.717, 1.165) is 77.0 Å². The lowest BCUT2D eigenvalue weighted by Crippen LogP contribution is -2.46. The number of nitrogens with one attached hydrogen (secondary N) is 1. The number of carbonyl (C=O) groups excluding carboxylic acids is 2. The number of unbranched alkanes of at least 4 members (excludes halogenated alkanes) is 30. The number of amides is 1. The summed E-state index contributed by atoms with van der Waals surface area (Å²) in [5, 5.41) is 23.8. The third-order valence-electron chi connectivity index (χ3n) is 12.2. The van der Waals surface area contributed by atoms with E-state index in [-0.39, 0.29) is 24.9 Å². The van der Waals surface area contributed by atoms with Crippen LogP contribution in [0.1, 0.15) is 278 Å². The van der Waals surface area contributed by atoms with E-state index in [9.17, 15) is 19.8 Å². The first-order valence-electron chi connectivity index (χ1n) is 26.7. The van der Waals surface area contributed by atoms with Crippen molar-refractivity contribution in [3.63, 3.8) is 0 Å². The fourth-order valence-electron chi connectivity index (χ4n) is 8.10. The summed E-state index contributed by atoms with van der Waals surface area (Å²) in [6.07, 6.45) is 57.7. The molecule has 3 unspecified atom stereocenters. The fraction of sp³-hybridized carbons (Fsp3) is 0.855. The van der Waals surface area contributed by atoms with Crippen molar-refractivity contribution in [2.24, 2.45) is 0 Å². The lowest BCUT2D eigenvalue weighted by atomic mass is 10.0. The van der Waals surface area contributed by atoms with Crippen molar-refractivity contribution >= 4 is 11.9 Å². The third kappa shape index (κ3) is 44.5. The molecule has 61 heavy (non-hydrogen) atoms. The summed E-state index contributed by atoms with van der Waals surface area (Å²) in [5.41, 5.74) is 0. The van der Waals surface area contributed by atoms with Gasteiger partial charge in [-0.1, -0.05) is 218 Å². The topological polar surface area (TPSA) is 95.9 Å². The molecule has 3 N–H and O–H groups in total. The molecule has 358 valence electrons. The van der Waals surface area contributed by atoms with E-state index < -0.39 is 18.2 Å². The molecule has 0 aromatic rings. The van der Waals surface area contributed by atoms with Crippen LogP contribution in [0.15, 0.2) is 36.5 Å². The van der Waals surface area contributed by atoms with Crippen LogP contribution in [0.3, 0.4) is 0 Å². The number of rotatable bonds is 48. The maximum absolute atomic E-state index is 13.2. The zero-order valence-electron chi connectivity index (χ0n) is 40.8. The smallest absolute Gasteiger partial charge is 0.306 e. The molecule has 3 atom stereocenters. The number of carbonyl (C=O) groups is 2. The van der Waals surface area contributed by atoms with Gasteiger partial charge in [0.1, 0.15) is 6.10 Å². The lowest BCUT2D eigenvalue weighted by molar-refractivity contribution is -0.151. The summed E-state index contributed by atoms with van der Waals surface area (Å²) in [6, 6.07) is -0.705. The van der Waals surface area contributed by atoms with Crippen LogP contribution in [0.2, 0.25) is 0 Å². The highest BCUT2D eigenvalue weighted by Gasteiger charge is 2.24. The van der Waals surface area contributed by atoms with Gasteiger partial charge < -0.3 is 20.3 Å². The van der Waals surface area contributed by atoms with Gasteiger partial charge in [0.25, 0.3) is 0 Å². The second-order valence-electron chi connectivity index (χ2n) is 18.3. The highest BCUT2D eigenvalue weighted by atomic mass is 16.5. The molecule has 0 fully saturated rings. The van der Waals surface area contributed by atoms with Crippen LogP contribution in [-0.4, -0.2) is 46.9 Å². The Hall–Kier alpha value is -1.92. The quantitative estimate of drug-likeness (QED) is 0.0322. The second kappa shape index (κ2) is 49.1. The van der Waals surface area contributed by atoms with Gasteiger partial charge in [-0.3, -0.25) is 9.59 Å². The molecular weight excluding hydrogens is 755 g/mol. The van der Waals surface area contributed by atoms with Crippen molar-refractivity contribution in [3.8, 4) is 0 Å². The molecule has 0 spiro atoms. The molecule has 0 radical (unpaired) electrons. The maximum atomic E-state index is 13.2. The van der Waals surface area contributed by atoms with Gasteiger partial charge in [0, 0.05) is 6.42 Å². The molecule has 0 saturated heterocycles. The van der Waals surface area contributed by atoms with Crippen molar-refractivity contribution in [2.75, 3.05) is 6.61 Å². The molecule has 0 bridgehead atoms. The predicted molar refractivity (Wildman–Crippen MR) is 264 cm³/mol. The predicted octanol–water partition coefficient (Wildman–Crippen LogP) is 16.1. The van der Waals surface area contributed by atoms with Gasteiger partial charge in [0.2, 0.25) is 5.91 Å². The molecule has 0 aliphatic rings. The first-order valence-corrected chi connectivity index (χ1v) is 26.7. The van der Waals surface area contributed by atoms with Gasteiger partial charge in [0.05, 0.1) is 25.2 Å². The number of ether oxygens (including phenoxy) is 1. The van der Waals surface area contributed by atoms with Crippen LogP contribution in [0.25, 0.3) is 0 Å². The van der Waals surface area contributed by atoms with Crippen molar-refractivity contribution < 1.29 is 24.5 Å². The van der Waals surface area contributed by atoms with Crippen LogP contribution in [0.5, 0.6) is 0 Å². The average molecular weight is 858 g/mol. The normalized spacial score (nSPS) is 13.5. The summed E-state index contributed by atoms with van der Waals surface area (Å²) in [5.74, 6) is -0.491. The number of allylic oxidation sites excluding steroid dienone is 6. The Labute approximate surface area is 379 Å². The van der Waals surface area contributed by atoms with Gasteiger partial charge in [0.15, 0.2) is 0 Å². The zero-order chi connectivity index (χ0) is 44.5. The number of hydrogen-bond acceptors (Lipinski definition) is 5. The van der Waals surface area contributed by atoms with E-state index in [1.807, 2.05) is 0 Å². The Morgan fingerprint density at radius 3 is 1.30 bits per heavy atom. The molecule has 0 aromatic carbocycles. The SMILES string of the molecule is CCCCC/C=C\C/C=C\CCCCCCCCCC(CC(=O)NC(CO)C(O)CCCCCCCCCCCCCC)OC(=O)CCCCC/C=C\CCCCCCCC. The Morgan fingerprint density at radius 2 is 0.836 bits per heavy atom. The van der Waals surface area contributed by atoms with E-state index in [1.54, 1.807) is 0 Å². The van der Waals surface area contributed by atoms with Crippen molar-refractivity contribution in [1.82, 2.24) is 5.32 Å². The van der Waals surface area contributed by atoms with Gasteiger partial charge in [-0.15, -0.1) is 0 Å². The summed E-state index contributed by atoms with van der Waals surface area (Å²) < 4.78 is 5.93. The minimum Gasteiger partial charge on any atom is -0.462 e. The molecule has 0 aliphatic heterocycles. The van der Waals surface area contributed by atoms with E-state index in [4.69, 9.17) is 4.74 Å². The molecule has 1 amide bonds. The largest absolute Gasteiger partial charge is 0.462 e. The number of esters is 1. The molecule has 0 aliphatic carbocycles. The summed E-state index contributed by atoms with van der Waals surface area (Å²) >= 11 is 0. The molecule has 6 nitrogen and oxygen atoms in total. The Bertz CT molecular complexity index is 1010. The standard InChI is InChI=1S/C55H103NO5/c1-4-7-10-13-16-19-22-25-26-27-28-30-31-34-37-40-43-46-51(61-55(60)48-45-42-39-36-33-29-23-20-17-14-11-8-5-2)49-54(59)56-52(50-57)53(58)47-44-41-38-35-32-24-21-18-15-12-9-6-3/h16,19,25-26,29,33,51-53,57-58H,4-15,17-18,20-24,27-28,30-32,34-50H2,1-3H3,(H,56,59)/b19-16-,26-25-,33-29-. The number of hydrogen-bond donors (Lipinski definition) is 3. The highest BCUT2D eigenvalue weighted by Crippen LogP contribution is 2.18. The molecule has 0 heterocycles. The van der Waals surface area contributed by atoms with Crippen LogP contribution < -0.4 is 5.32 Å². The first kappa shape index (κ1) is 59.1. The van der Waals surface area contributed by atoms with Crippen LogP contribution in [0.4, 0.5) is 0 Å². The van der Waals surface area contributed by atoms with Gasteiger partial charge >= 0.3 is 5.97 Å². The van der Waals surface area contributed by atoms with Gasteiger partial charge in [-0.25, -0.2) is 0 Å². The van der Waals surface area contributed by atoms with Crippen molar-refractivity contribution in [3.05, 3.63) is 36.5 Å². The molecule has 0 aromatic heterocycles. The van der Waals surface area contributed by atoms with E-state index >= 15 is 0 Å². The fourth-order valence-corrected chi connectivity index (χ4v) is 8.10. The lowest BCUT2D eigenvalue weighted by Gasteiger charge is -2.24. The Balaban J connectivity index is 4.60. The summed E-state index contributed by atoms with van der Waals surface area (Å²) in [6.45, 7) is 6.46. The van der Waals surface area contributed by atoms with E-state index in [2.05, 4.69) is 62.5 Å². The average Bonchev–Trinajstić information content (AvgIpc) is 3.25. The number of aliphatic hydroxyl groups is 2. The number of aliphatic hydroxyl groups excluding tert-OH is 2. The van der Waals surface area contributed by atoms with Crippen LogP contribution >= 0.6 is 0 Å². The van der Waals surface area contributed by atoms with Crippen LogP contribution in [0, 0.1) is 0 Å². The molecule has 6 heteroatoms. The van der Waals surface area contributed by atoms with Crippen LogP contribution in [-0.2, 0) is 14.3 Å². The first-order chi connectivity index (χ1) is 30.0. The third-order valence-corrected chi connectivity index (χ3v) is 12.2. The monoisotopic (exact) mass is 858 g/mol. The van der Waals surface area contributed by atoms with Crippen molar-refractivity contribution in [1.29, 1.82) is 0 Å². The zero-order valence-corrected chi connectivity index (χ0v) is 40.8.